The summed E-state index contributed by atoms with van der Waals surface area (Å²) in [6.07, 6.45) is 3.09. The van der Waals surface area contributed by atoms with Crippen LogP contribution in [-0.2, 0) is 0 Å². The van der Waals surface area contributed by atoms with Gasteiger partial charge in [-0.15, -0.1) is 0 Å². The lowest BCUT2D eigenvalue weighted by Gasteiger charge is -2.27. The summed E-state index contributed by atoms with van der Waals surface area (Å²) in [5, 5.41) is 0.634. The van der Waals surface area contributed by atoms with Gasteiger partial charge in [0.2, 0.25) is 0 Å². The van der Waals surface area contributed by atoms with Gasteiger partial charge < -0.3 is 4.90 Å². The zero-order chi connectivity index (χ0) is 12.1. The van der Waals surface area contributed by atoms with E-state index in [1.54, 1.807) is 12.1 Å². The van der Waals surface area contributed by atoms with Crippen LogP contribution in [0.3, 0.4) is 0 Å². The van der Waals surface area contributed by atoms with E-state index in [2.05, 4.69) is 18.7 Å². The van der Waals surface area contributed by atoms with E-state index < -0.39 is 0 Å². The van der Waals surface area contributed by atoms with E-state index >= 15 is 0 Å². The highest BCUT2D eigenvalue weighted by Gasteiger charge is 2.12. The van der Waals surface area contributed by atoms with Crippen molar-refractivity contribution in [3.8, 4) is 0 Å². The fourth-order valence-corrected chi connectivity index (χ4v) is 2.05. The predicted molar refractivity (Wildman–Crippen MR) is 69.6 cm³/mol. The Bertz CT molecular complexity index is 365. The molecule has 0 heterocycles. The Balaban J connectivity index is 2.91. The average Bonchev–Trinajstić information content (AvgIpc) is 2.28. The van der Waals surface area contributed by atoms with Crippen molar-refractivity contribution >= 4 is 23.6 Å². The summed E-state index contributed by atoms with van der Waals surface area (Å²) in [5.74, 6) is 0. The third kappa shape index (κ3) is 2.99. The standard InChI is InChI=1S/C13H18ClNO/c1-4-5-10(2)15(3)13-7-6-11(9-16)8-12(13)14/h6-10H,4-5H2,1-3H3. The molecule has 1 unspecified atom stereocenters. The van der Waals surface area contributed by atoms with Crippen molar-refractivity contribution in [3.63, 3.8) is 0 Å². The summed E-state index contributed by atoms with van der Waals surface area (Å²) in [6, 6.07) is 5.85. The van der Waals surface area contributed by atoms with E-state index in [-0.39, 0.29) is 0 Å². The minimum absolute atomic E-state index is 0.449. The first-order valence-electron chi connectivity index (χ1n) is 5.57. The van der Waals surface area contributed by atoms with Crippen LogP contribution < -0.4 is 4.90 Å². The summed E-state index contributed by atoms with van der Waals surface area (Å²) in [6.45, 7) is 4.34. The molecule has 0 aliphatic heterocycles. The maximum atomic E-state index is 10.6. The molecular weight excluding hydrogens is 222 g/mol. The van der Waals surface area contributed by atoms with Crippen LogP contribution in [0.2, 0.25) is 5.02 Å². The number of halogens is 1. The van der Waals surface area contributed by atoms with Crippen LogP contribution in [0.4, 0.5) is 5.69 Å². The summed E-state index contributed by atoms with van der Waals surface area (Å²) < 4.78 is 0. The van der Waals surface area contributed by atoms with Crippen LogP contribution in [0, 0.1) is 0 Å². The Kier molecular flexibility index (Phi) is 4.81. The van der Waals surface area contributed by atoms with Gasteiger partial charge in [-0.1, -0.05) is 24.9 Å². The maximum absolute atomic E-state index is 10.6. The number of rotatable bonds is 5. The molecule has 2 nitrogen and oxygen atoms in total. The Labute approximate surface area is 102 Å². The van der Waals surface area contributed by atoms with Crippen LogP contribution in [0.25, 0.3) is 0 Å². The van der Waals surface area contributed by atoms with Crippen LogP contribution in [0.5, 0.6) is 0 Å². The Morgan fingerprint density at radius 2 is 2.19 bits per heavy atom. The highest BCUT2D eigenvalue weighted by atomic mass is 35.5. The van der Waals surface area contributed by atoms with Crippen molar-refractivity contribution in [2.45, 2.75) is 32.7 Å². The van der Waals surface area contributed by atoms with E-state index in [1.165, 1.54) is 0 Å². The van der Waals surface area contributed by atoms with Gasteiger partial charge in [0.15, 0.2) is 0 Å². The third-order valence-electron chi connectivity index (χ3n) is 2.86. The molecule has 1 atom stereocenters. The molecule has 16 heavy (non-hydrogen) atoms. The first-order valence-corrected chi connectivity index (χ1v) is 5.95. The van der Waals surface area contributed by atoms with Crippen molar-refractivity contribution in [1.29, 1.82) is 0 Å². The number of benzene rings is 1. The van der Waals surface area contributed by atoms with E-state index in [0.29, 0.717) is 16.6 Å². The van der Waals surface area contributed by atoms with Crippen molar-refractivity contribution in [1.82, 2.24) is 0 Å². The summed E-state index contributed by atoms with van der Waals surface area (Å²) >= 11 is 6.15. The van der Waals surface area contributed by atoms with E-state index in [1.807, 2.05) is 13.1 Å². The minimum atomic E-state index is 0.449. The smallest absolute Gasteiger partial charge is 0.150 e. The van der Waals surface area contributed by atoms with Gasteiger partial charge in [0.1, 0.15) is 6.29 Å². The van der Waals surface area contributed by atoms with Gasteiger partial charge in [-0.05, 0) is 31.5 Å². The molecule has 1 rings (SSSR count). The molecule has 0 spiro atoms. The molecular formula is C13H18ClNO. The second kappa shape index (κ2) is 5.90. The lowest BCUT2D eigenvalue weighted by atomic mass is 10.1. The number of carbonyl (C=O) groups is 1. The lowest BCUT2D eigenvalue weighted by Crippen LogP contribution is -2.28. The molecule has 88 valence electrons. The molecule has 0 aliphatic carbocycles. The fourth-order valence-electron chi connectivity index (χ4n) is 1.73. The van der Waals surface area contributed by atoms with Crippen molar-refractivity contribution in [3.05, 3.63) is 28.8 Å². The molecule has 0 fully saturated rings. The average molecular weight is 240 g/mol. The molecule has 0 radical (unpaired) electrons. The molecule has 1 aromatic carbocycles. The fraction of sp³-hybridized carbons (Fsp3) is 0.462. The number of aldehydes is 1. The number of carbonyl (C=O) groups excluding carboxylic acids is 1. The number of hydrogen-bond donors (Lipinski definition) is 0. The first-order chi connectivity index (χ1) is 7.60. The van der Waals surface area contributed by atoms with Crippen molar-refractivity contribution in [2.75, 3.05) is 11.9 Å². The van der Waals surface area contributed by atoms with Crippen molar-refractivity contribution < 1.29 is 4.79 Å². The molecule has 0 saturated heterocycles. The third-order valence-corrected chi connectivity index (χ3v) is 3.16. The minimum Gasteiger partial charge on any atom is -0.371 e. The Hall–Kier alpha value is -1.02. The van der Waals surface area contributed by atoms with Crippen molar-refractivity contribution in [2.24, 2.45) is 0 Å². The summed E-state index contributed by atoms with van der Waals surface area (Å²) in [5.41, 5.74) is 1.60. The van der Waals surface area contributed by atoms with Gasteiger partial charge in [-0.2, -0.15) is 0 Å². The number of anilines is 1. The van der Waals surface area contributed by atoms with Crippen LogP contribution in [0.15, 0.2) is 18.2 Å². The molecule has 3 heteroatoms. The molecule has 0 N–H and O–H groups in total. The van der Waals surface area contributed by atoms with Gasteiger partial charge in [-0.3, -0.25) is 4.79 Å². The second-order valence-electron chi connectivity index (χ2n) is 4.08. The van der Waals surface area contributed by atoms with E-state index in [9.17, 15) is 4.79 Å². The molecule has 1 aromatic rings. The highest BCUT2D eigenvalue weighted by molar-refractivity contribution is 6.33. The zero-order valence-corrected chi connectivity index (χ0v) is 10.8. The highest BCUT2D eigenvalue weighted by Crippen LogP contribution is 2.27. The second-order valence-corrected chi connectivity index (χ2v) is 4.48. The Morgan fingerprint density at radius 3 is 2.69 bits per heavy atom. The van der Waals surface area contributed by atoms with Crippen LogP contribution in [0.1, 0.15) is 37.0 Å². The molecule has 0 saturated carbocycles. The zero-order valence-electron chi connectivity index (χ0n) is 10.0. The van der Waals surface area contributed by atoms with E-state index in [4.69, 9.17) is 11.6 Å². The van der Waals surface area contributed by atoms with Crippen LogP contribution in [-0.4, -0.2) is 19.4 Å². The molecule has 0 aliphatic rings. The largest absolute Gasteiger partial charge is 0.371 e. The van der Waals surface area contributed by atoms with Gasteiger partial charge in [0.25, 0.3) is 0 Å². The monoisotopic (exact) mass is 239 g/mol. The lowest BCUT2D eigenvalue weighted by molar-refractivity contribution is 0.112. The molecule has 0 bridgehead atoms. The van der Waals surface area contributed by atoms with Gasteiger partial charge >= 0.3 is 0 Å². The maximum Gasteiger partial charge on any atom is 0.150 e. The normalized spacial score (nSPS) is 12.2. The summed E-state index contributed by atoms with van der Waals surface area (Å²) in [4.78, 5) is 12.8. The quantitative estimate of drug-likeness (QED) is 0.729. The van der Waals surface area contributed by atoms with Gasteiger partial charge in [0.05, 0.1) is 10.7 Å². The number of hydrogen-bond acceptors (Lipinski definition) is 2. The van der Waals surface area contributed by atoms with Crippen LogP contribution >= 0.6 is 11.6 Å². The SMILES string of the molecule is CCCC(C)N(C)c1ccc(C=O)cc1Cl. The summed E-state index contributed by atoms with van der Waals surface area (Å²) in [7, 11) is 2.03. The number of nitrogens with zero attached hydrogens (tertiary/aromatic N) is 1. The van der Waals surface area contributed by atoms with Gasteiger partial charge in [0, 0.05) is 18.7 Å². The Morgan fingerprint density at radius 1 is 1.50 bits per heavy atom. The topological polar surface area (TPSA) is 20.3 Å². The van der Waals surface area contributed by atoms with Gasteiger partial charge in [-0.25, -0.2) is 0 Å². The molecule has 0 amide bonds. The van der Waals surface area contributed by atoms with E-state index in [0.717, 1.165) is 24.8 Å². The predicted octanol–water partition coefficient (Wildman–Crippen LogP) is 3.78. The molecule has 0 aromatic heterocycles. The first kappa shape index (κ1) is 13.0.